The van der Waals surface area contributed by atoms with Crippen LogP contribution in [0.15, 0.2) is 24.3 Å². The SMILES string of the molecule is CCCCCC/C=C/CC/C=C/CCCC(O)C(O)C(COC1OC(CO)C(O)C(O)C1O)NC(=O)C(O)CCCCCCCCCCCCCCCCCCCCCCCC. The van der Waals surface area contributed by atoms with E-state index in [9.17, 15) is 40.5 Å². The molecule has 9 atom stereocenters. The molecule has 0 bridgehead atoms. The molecule has 62 heavy (non-hydrogen) atoms. The predicted octanol–water partition coefficient (Wildman–Crippen LogP) is 9.40. The Morgan fingerprint density at radius 3 is 1.44 bits per heavy atom. The monoisotopic (exact) mass is 884 g/mol. The highest BCUT2D eigenvalue weighted by molar-refractivity contribution is 5.80. The van der Waals surface area contributed by atoms with E-state index in [2.05, 4.69) is 43.5 Å². The summed E-state index contributed by atoms with van der Waals surface area (Å²) < 4.78 is 11.1. The Bertz CT molecular complexity index is 1060. The fourth-order valence-corrected chi connectivity index (χ4v) is 8.22. The summed E-state index contributed by atoms with van der Waals surface area (Å²) in [6, 6.07) is -1.19. The lowest BCUT2D eigenvalue weighted by Gasteiger charge is -2.40. The largest absolute Gasteiger partial charge is 0.394 e. The normalized spacial score (nSPS) is 21.5. The van der Waals surface area contributed by atoms with Crippen LogP contribution in [-0.4, -0.2) is 110 Å². The van der Waals surface area contributed by atoms with Gasteiger partial charge in [-0.2, -0.15) is 0 Å². The Hall–Kier alpha value is -1.41. The van der Waals surface area contributed by atoms with Gasteiger partial charge in [-0.1, -0.05) is 199 Å². The zero-order valence-corrected chi connectivity index (χ0v) is 39.6. The van der Waals surface area contributed by atoms with Crippen LogP contribution in [0.1, 0.15) is 226 Å². The molecule has 0 radical (unpaired) electrons. The quantitative estimate of drug-likeness (QED) is 0.0216. The summed E-state index contributed by atoms with van der Waals surface area (Å²) >= 11 is 0. The first kappa shape index (κ1) is 58.6. The summed E-state index contributed by atoms with van der Waals surface area (Å²) in [7, 11) is 0. The molecule has 1 aliphatic heterocycles. The summed E-state index contributed by atoms with van der Waals surface area (Å²) in [4.78, 5) is 13.1. The Morgan fingerprint density at radius 1 is 0.548 bits per heavy atom. The summed E-state index contributed by atoms with van der Waals surface area (Å²) in [6.45, 7) is 3.41. The molecule has 0 aromatic rings. The fraction of sp³-hybridized carbons (Fsp3) is 0.902. The molecule has 0 aliphatic carbocycles. The number of allylic oxidation sites excluding steroid dienone is 4. The van der Waals surface area contributed by atoms with Crippen LogP contribution in [-0.2, 0) is 14.3 Å². The predicted molar refractivity (Wildman–Crippen MR) is 252 cm³/mol. The molecule has 1 saturated heterocycles. The number of unbranched alkanes of at least 4 members (excludes halogenated alkanes) is 27. The number of amides is 1. The average Bonchev–Trinajstić information content (AvgIpc) is 3.27. The molecule has 11 nitrogen and oxygen atoms in total. The first-order chi connectivity index (χ1) is 30.2. The second kappa shape index (κ2) is 41.1. The summed E-state index contributed by atoms with van der Waals surface area (Å²) in [5.74, 6) is -0.708. The van der Waals surface area contributed by atoms with Crippen LogP contribution in [0.2, 0.25) is 0 Å². The number of hydrogen-bond acceptors (Lipinski definition) is 10. The van der Waals surface area contributed by atoms with Crippen molar-refractivity contribution in [3.8, 4) is 0 Å². The molecule has 9 unspecified atom stereocenters. The number of ether oxygens (including phenoxy) is 2. The van der Waals surface area contributed by atoms with Gasteiger partial charge in [-0.05, 0) is 51.4 Å². The topological polar surface area (TPSA) is 189 Å². The van der Waals surface area contributed by atoms with E-state index in [-0.39, 0.29) is 12.8 Å². The number of carbonyl (C=O) groups is 1. The first-order valence-electron chi connectivity index (χ1n) is 25.7. The fourth-order valence-electron chi connectivity index (χ4n) is 8.22. The lowest BCUT2D eigenvalue weighted by molar-refractivity contribution is -0.303. The van der Waals surface area contributed by atoms with E-state index in [1.54, 1.807) is 0 Å². The molecule has 1 rings (SSSR count). The van der Waals surface area contributed by atoms with Gasteiger partial charge < -0.3 is 50.5 Å². The van der Waals surface area contributed by atoms with Gasteiger partial charge in [0.05, 0.1) is 25.4 Å². The lowest BCUT2D eigenvalue weighted by atomic mass is 9.98. The average molecular weight is 884 g/mol. The van der Waals surface area contributed by atoms with Gasteiger partial charge in [-0.3, -0.25) is 4.79 Å². The minimum absolute atomic E-state index is 0.248. The van der Waals surface area contributed by atoms with Gasteiger partial charge in [0.15, 0.2) is 6.29 Å². The van der Waals surface area contributed by atoms with Crippen LogP contribution < -0.4 is 5.32 Å². The second-order valence-corrected chi connectivity index (χ2v) is 18.2. The molecule has 0 aromatic carbocycles. The van der Waals surface area contributed by atoms with Crippen molar-refractivity contribution in [1.82, 2.24) is 5.32 Å². The van der Waals surface area contributed by atoms with Crippen LogP contribution in [0, 0.1) is 0 Å². The Balaban J connectivity index is 2.36. The van der Waals surface area contributed by atoms with Gasteiger partial charge >= 0.3 is 0 Å². The van der Waals surface area contributed by atoms with Gasteiger partial charge in [-0.15, -0.1) is 0 Å². The molecule has 1 amide bonds. The third kappa shape index (κ3) is 29.9. The van der Waals surface area contributed by atoms with E-state index in [1.807, 2.05) is 0 Å². The smallest absolute Gasteiger partial charge is 0.249 e. The minimum Gasteiger partial charge on any atom is -0.394 e. The van der Waals surface area contributed by atoms with E-state index < -0.39 is 74.2 Å². The molecule has 0 saturated carbocycles. The van der Waals surface area contributed by atoms with Crippen molar-refractivity contribution < 1.29 is 50.0 Å². The number of rotatable bonds is 43. The number of carbonyl (C=O) groups excluding carboxylic acids is 1. The Morgan fingerprint density at radius 2 is 0.968 bits per heavy atom. The summed E-state index contributed by atoms with van der Waals surface area (Å²) in [5, 5.41) is 75.7. The van der Waals surface area contributed by atoms with E-state index in [0.717, 1.165) is 38.5 Å². The van der Waals surface area contributed by atoms with Crippen molar-refractivity contribution in [3.63, 3.8) is 0 Å². The van der Waals surface area contributed by atoms with Crippen molar-refractivity contribution in [2.24, 2.45) is 0 Å². The zero-order chi connectivity index (χ0) is 45.5. The summed E-state index contributed by atoms with van der Waals surface area (Å²) in [6.07, 6.45) is 35.2. The molecule has 1 heterocycles. The van der Waals surface area contributed by atoms with Crippen molar-refractivity contribution in [2.75, 3.05) is 13.2 Å². The third-order valence-electron chi connectivity index (χ3n) is 12.5. The third-order valence-corrected chi connectivity index (χ3v) is 12.5. The molecular formula is C51H97NO10. The van der Waals surface area contributed by atoms with Crippen molar-refractivity contribution in [3.05, 3.63) is 24.3 Å². The molecular weight excluding hydrogens is 787 g/mol. The lowest BCUT2D eigenvalue weighted by Crippen LogP contribution is -2.60. The number of aliphatic hydroxyl groups is 7. The highest BCUT2D eigenvalue weighted by Crippen LogP contribution is 2.23. The van der Waals surface area contributed by atoms with Gasteiger partial charge in [0.2, 0.25) is 5.91 Å². The van der Waals surface area contributed by atoms with Gasteiger partial charge in [-0.25, -0.2) is 0 Å². The highest BCUT2D eigenvalue weighted by atomic mass is 16.7. The maximum atomic E-state index is 13.1. The van der Waals surface area contributed by atoms with Crippen LogP contribution >= 0.6 is 0 Å². The molecule has 0 aromatic heterocycles. The minimum atomic E-state index is -1.67. The first-order valence-corrected chi connectivity index (χ1v) is 25.7. The van der Waals surface area contributed by atoms with Gasteiger partial charge in [0.1, 0.15) is 36.6 Å². The van der Waals surface area contributed by atoms with E-state index in [4.69, 9.17) is 9.47 Å². The van der Waals surface area contributed by atoms with Crippen LogP contribution in [0.4, 0.5) is 0 Å². The second-order valence-electron chi connectivity index (χ2n) is 18.2. The molecule has 11 heteroatoms. The number of aliphatic hydroxyl groups excluding tert-OH is 7. The van der Waals surface area contributed by atoms with E-state index >= 15 is 0 Å². The summed E-state index contributed by atoms with van der Waals surface area (Å²) in [5.41, 5.74) is 0. The van der Waals surface area contributed by atoms with Crippen LogP contribution in [0.3, 0.4) is 0 Å². The Kier molecular flexibility index (Phi) is 38.8. The standard InChI is InChI=1S/C51H97NO10/c1-3-5-7-9-11-13-15-17-18-19-20-21-22-23-24-25-27-29-31-33-35-37-39-44(55)50(60)52-42(41-61-51-49(59)48(58)47(57)45(40-53)62-51)46(56)43(54)38-36-34-32-30-28-26-16-14-12-10-8-6-4-2/h14,16,30,32,42-49,51,53-59H,3-13,15,17-29,31,33-41H2,1-2H3,(H,52,60)/b16-14+,32-30+. The molecule has 1 aliphatic rings. The van der Waals surface area contributed by atoms with Crippen molar-refractivity contribution in [1.29, 1.82) is 0 Å². The zero-order valence-electron chi connectivity index (χ0n) is 39.6. The van der Waals surface area contributed by atoms with E-state index in [0.29, 0.717) is 19.3 Å². The van der Waals surface area contributed by atoms with Crippen molar-refractivity contribution >= 4 is 5.91 Å². The van der Waals surface area contributed by atoms with Gasteiger partial charge in [0, 0.05) is 0 Å². The Labute approximate surface area is 378 Å². The number of nitrogens with one attached hydrogen (secondary N) is 1. The molecule has 1 fully saturated rings. The maximum absolute atomic E-state index is 13.1. The highest BCUT2D eigenvalue weighted by Gasteiger charge is 2.44. The molecule has 0 spiro atoms. The van der Waals surface area contributed by atoms with E-state index in [1.165, 1.54) is 141 Å². The molecule has 8 N–H and O–H groups in total. The number of hydrogen-bond donors (Lipinski definition) is 8. The van der Waals surface area contributed by atoms with Crippen molar-refractivity contribution in [2.45, 2.75) is 281 Å². The van der Waals surface area contributed by atoms with Crippen LogP contribution in [0.5, 0.6) is 0 Å². The molecule has 366 valence electrons. The van der Waals surface area contributed by atoms with Gasteiger partial charge in [0.25, 0.3) is 0 Å². The van der Waals surface area contributed by atoms with Crippen LogP contribution in [0.25, 0.3) is 0 Å². The maximum Gasteiger partial charge on any atom is 0.249 e.